The highest BCUT2D eigenvalue weighted by Crippen LogP contribution is 2.31. The van der Waals surface area contributed by atoms with Crippen LogP contribution in [0.3, 0.4) is 0 Å². The van der Waals surface area contributed by atoms with Gasteiger partial charge in [0, 0.05) is 25.3 Å². The van der Waals surface area contributed by atoms with Crippen LogP contribution in [0, 0.1) is 0 Å². The number of carbonyl (C=O) groups is 1. The van der Waals surface area contributed by atoms with Crippen molar-refractivity contribution in [2.24, 2.45) is 0 Å². The average Bonchev–Trinajstić information content (AvgIpc) is 2.61. The first-order valence-corrected chi connectivity index (χ1v) is 8.27. The molecular formula is C18H23N5O. The molecule has 1 N–H and O–H groups in total. The Balaban J connectivity index is 1.70. The van der Waals surface area contributed by atoms with Gasteiger partial charge in [-0.05, 0) is 50.7 Å². The van der Waals surface area contributed by atoms with Crippen molar-refractivity contribution in [1.82, 2.24) is 20.4 Å². The molecule has 1 aromatic heterocycles. The van der Waals surface area contributed by atoms with Crippen LogP contribution in [0.15, 0.2) is 36.4 Å². The van der Waals surface area contributed by atoms with E-state index in [2.05, 4.69) is 38.6 Å². The standard InChI is InChI=1S/C18H23N5O/c1-22(2)13-11-19-18(24)15-9-10-17(21-20-15)23-12-5-7-14-6-3-4-8-16(14)23/h3-4,6,8-10H,5,7,11-13H2,1-2H3,(H,19,24). The second kappa shape index (κ2) is 7.40. The van der Waals surface area contributed by atoms with E-state index in [4.69, 9.17) is 0 Å². The Morgan fingerprint density at radius 3 is 2.79 bits per heavy atom. The molecule has 3 rings (SSSR count). The molecule has 126 valence electrons. The predicted octanol–water partition coefficient (Wildman–Crippen LogP) is 1.85. The van der Waals surface area contributed by atoms with Crippen molar-refractivity contribution in [2.45, 2.75) is 12.8 Å². The number of rotatable bonds is 5. The molecule has 1 aromatic carbocycles. The maximum atomic E-state index is 12.1. The highest BCUT2D eigenvalue weighted by Gasteiger charge is 2.19. The summed E-state index contributed by atoms with van der Waals surface area (Å²) in [6.45, 7) is 2.30. The summed E-state index contributed by atoms with van der Waals surface area (Å²) in [5, 5.41) is 11.2. The minimum Gasteiger partial charge on any atom is -0.349 e. The quantitative estimate of drug-likeness (QED) is 0.909. The molecule has 6 nitrogen and oxygen atoms in total. The fourth-order valence-corrected chi connectivity index (χ4v) is 2.85. The van der Waals surface area contributed by atoms with E-state index in [1.807, 2.05) is 31.1 Å². The molecule has 1 aliphatic rings. The third-order valence-corrected chi connectivity index (χ3v) is 4.11. The van der Waals surface area contributed by atoms with Gasteiger partial charge in [0.15, 0.2) is 11.5 Å². The number of anilines is 2. The topological polar surface area (TPSA) is 61.4 Å². The van der Waals surface area contributed by atoms with Crippen LogP contribution in [0.2, 0.25) is 0 Å². The Kier molecular flexibility index (Phi) is 5.05. The zero-order valence-corrected chi connectivity index (χ0v) is 14.2. The number of nitrogens with one attached hydrogen (secondary N) is 1. The van der Waals surface area contributed by atoms with Crippen molar-refractivity contribution >= 4 is 17.4 Å². The molecular weight excluding hydrogens is 302 g/mol. The van der Waals surface area contributed by atoms with Crippen LogP contribution in [-0.2, 0) is 6.42 Å². The number of para-hydroxylation sites is 1. The van der Waals surface area contributed by atoms with Gasteiger partial charge in [-0.1, -0.05) is 18.2 Å². The number of amides is 1. The van der Waals surface area contributed by atoms with E-state index in [1.54, 1.807) is 6.07 Å². The zero-order chi connectivity index (χ0) is 16.9. The number of aromatic nitrogens is 2. The van der Waals surface area contributed by atoms with Crippen LogP contribution in [0.4, 0.5) is 11.5 Å². The van der Waals surface area contributed by atoms with Crippen LogP contribution >= 0.6 is 0 Å². The molecule has 0 fully saturated rings. The van der Waals surface area contributed by atoms with Crippen molar-refractivity contribution in [2.75, 3.05) is 38.6 Å². The van der Waals surface area contributed by atoms with Crippen LogP contribution in [-0.4, -0.2) is 54.7 Å². The third kappa shape index (κ3) is 3.71. The molecule has 6 heteroatoms. The molecule has 0 unspecified atom stereocenters. The van der Waals surface area contributed by atoms with Gasteiger partial charge in [-0.25, -0.2) is 0 Å². The summed E-state index contributed by atoms with van der Waals surface area (Å²) >= 11 is 0. The van der Waals surface area contributed by atoms with Crippen molar-refractivity contribution in [3.63, 3.8) is 0 Å². The summed E-state index contributed by atoms with van der Waals surface area (Å²) in [5.41, 5.74) is 2.86. The monoisotopic (exact) mass is 325 g/mol. The summed E-state index contributed by atoms with van der Waals surface area (Å²) < 4.78 is 0. The lowest BCUT2D eigenvalue weighted by Crippen LogP contribution is -2.32. The van der Waals surface area contributed by atoms with Gasteiger partial charge in [0.2, 0.25) is 0 Å². The maximum Gasteiger partial charge on any atom is 0.271 e. The lowest BCUT2D eigenvalue weighted by Gasteiger charge is -2.29. The highest BCUT2D eigenvalue weighted by atomic mass is 16.1. The van der Waals surface area contributed by atoms with Gasteiger partial charge in [-0.2, -0.15) is 0 Å². The van der Waals surface area contributed by atoms with E-state index in [0.29, 0.717) is 12.2 Å². The molecule has 0 saturated heterocycles. The van der Waals surface area contributed by atoms with Crippen molar-refractivity contribution in [1.29, 1.82) is 0 Å². The van der Waals surface area contributed by atoms with Gasteiger partial charge >= 0.3 is 0 Å². The van der Waals surface area contributed by atoms with E-state index in [9.17, 15) is 4.79 Å². The van der Waals surface area contributed by atoms with Crippen molar-refractivity contribution in [3.05, 3.63) is 47.7 Å². The van der Waals surface area contributed by atoms with Gasteiger partial charge in [0.05, 0.1) is 0 Å². The minimum absolute atomic E-state index is 0.185. The summed E-state index contributed by atoms with van der Waals surface area (Å²) in [6, 6.07) is 12.0. The van der Waals surface area contributed by atoms with Gasteiger partial charge < -0.3 is 15.1 Å². The molecule has 2 aromatic rings. The molecule has 0 atom stereocenters. The molecule has 0 aliphatic carbocycles. The molecule has 1 aliphatic heterocycles. The van der Waals surface area contributed by atoms with Gasteiger partial charge in [-0.3, -0.25) is 4.79 Å². The molecule has 2 heterocycles. The molecule has 0 saturated carbocycles. The number of hydrogen-bond donors (Lipinski definition) is 1. The number of carbonyl (C=O) groups excluding carboxylic acids is 1. The lowest BCUT2D eigenvalue weighted by molar-refractivity contribution is 0.0945. The van der Waals surface area contributed by atoms with Crippen LogP contribution in [0.1, 0.15) is 22.5 Å². The zero-order valence-electron chi connectivity index (χ0n) is 14.2. The first-order valence-electron chi connectivity index (χ1n) is 8.27. The maximum absolute atomic E-state index is 12.1. The van der Waals surface area contributed by atoms with Crippen molar-refractivity contribution in [3.8, 4) is 0 Å². The second-order valence-corrected chi connectivity index (χ2v) is 6.22. The summed E-state index contributed by atoms with van der Waals surface area (Å²) in [4.78, 5) is 16.2. The summed E-state index contributed by atoms with van der Waals surface area (Å²) in [7, 11) is 3.94. The minimum atomic E-state index is -0.185. The van der Waals surface area contributed by atoms with Crippen LogP contribution in [0.5, 0.6) is 0 Å². The molecule has 24 heavy (non-hydrogen) atoms. The second-order valence-electron chi connectivity index (χ2n) is 6.22. The number of fused-ring (bicyclic) bond motifs is 1. The van der Waals surface area contributed by atoms with Crippen LogP contribution in [0.25, 0.3) is 0 Å². The number of benzene rings is 1. The first-order chi connectivity index (χ1) is 11.6. The SMILES string of the molecule is CN(C)CCNC(=O)c1ccc(N2CCCc3ccccc32)nn1. The Labute approximate surface area is 142 Å². The number of likely N-dealkylation sites (N-methyl/N-ethyl adjacent to an activating group) is 1. The molecule has 1 amide bonds. The Bertz CT molecular complexity index is 699. The van der Waals surface area contributed by atoms with E-state index in [0.717, 1.165) is 31.7 Å². The Morgan fingerprint density at radius 2 is 2.04 bits per heavy atom. The predicted molar refractivity (Wildman–Crippen MR) is 94.7 cm³/mol. The van der Waals surface area contributed by atoms with E-state index in [1.165, 1.54) is 11.3 Å². The van der Waals surface area contributed by atoms with Gasteiger partial charge in [-0.15, -0.1) is 10.2 Å². The van der Waals surface area contributed by atoms with Crippen molar-refractivity contribution < 1.29 is 4.79 Å². The molecule has 0 spiro atoms. The molecule has 0 bridgehead atoms. The Hall–Kier alpha value is -2.47. The largest absolute Gasteiger partial charge is 0.349 e. The number of aryl methyl sites for hydroxylation is 1. The smallest absolute Gasteiger partial charge is 0.271 e. The van der Waals surface area contributed by atoms with E-state index in [-0.39, 0.29) is 5.91 Å². The highest BCUT2D eigenvalue weighted by molar-refractivity contribution is 5.92. The third-order valence-electron chi connectivity index (χ3n) is 4.11. The van der Waals surface area contributed by atoms with Gasteiger partial charge in [0.1, 0.15) is 0 Å². The van der Waals surface area contributed by atoms with E-state index < -0.39 is 0 Å². The number of hydrogen-bond acceptors (Lipinski definition) is 5. The normalized spacial score (nSPS) is 13.7. The average molecular weight is 325 g/mol. The first kappa shape index (κ1) is 16.4. The van der Waals surface area contributed by atoms with E-state index >= 15 is 0 Å². The van der Waals surface area contributed by atoms with Crippen LogP contribution < -0.4 is 10.2 Å². The molecule has 0 radical (unpaired) electrons. The van der Waals surface area contributed by atoms with Gasteiger partial charge in [0.25, 0.3) is 5.91 Å². The fraction of sp³-hybridized carbons (Fsp3) is 0.389. The lowest BCUT2D eigenvalue weighted by atomic mass is 10.0. The number of nitrogens with zero attached hydrogens (tertiary/aromatic N) is 4. The fourth-order valence-electron chi connectivity index (χ4n) is 2.85. The summed E-state index contributed by atoms with van der Waals surface area (Å²) in [5.74, 6) is 0.599. The Morgan fingerprint density at radius 1 is 1.21 bits per heavy atom. The summed E-state index contributed by atoms with van der Waals surface area (Å²) in [6.07, 6.45) is 2.18.